The van der Waals surface area contributed by atoms with Gasteiger partial charge < -0.3 is 4.79 Å². The van der Waals surface area contributed by atoms with Gasteiger partial charge in [-0.1, -0.05) is 49.9 Å². The van der Waals surface area contributed by atoms with E-state index in [4.69, 9.17) is 0 Å². The molecule has 13 heavy (non-hydrogen) atoms. The second kappa shape index (κ2) is 7.29. The Balaban J connectivity index is 0.000000252. The highest BCUT2D eigenvalue weighted by Gasteiger charge is 1.77. The van der Waals surface area contributed by atoms with Gasteiger partial charge in [-0.25, -0.2) is 0 Å². The van der Waals surface area contributed by atoms with Crippen LogP contribution in [-0.4, -0.2) is 5.78 Å². The van der Waals surface area contributed by atoms with Crippen molar-refractivity contribution in [2.45, 2.75) is 20.3 Å². The first kappa shape index (κ1) is 11.6. The molecule has 0 heterocycles. The molecule has 0 unspecified atom stereocenters. The number of ketones is 1. The molecule has 0 N–H and O–H groups in total. The number of carbonyl (C=O) groups excluding carboxylic acids is 1. The maximum absolute atomic E-state index is 9.81. The van der Waals surface area contributed by atoms with Gasteiger partial charge in [0, 0.05) is 6.42 Å². The summed E-state index contributed by atoms with van der Waals surface area (Å²) < 4.78 is 0. The van der Waals surface area contributed by atoms with Crippen molar-refractivity contribution in [1.29, 1.82) is 0 Å². The molecule has 0 fully saturated rings. The lowest BCUT2D eigenvalue weighted by atomic mass is 10.2. The van der Waals surface area contributed by atoms with Gasteiger partial charge in [0.15, 0.2) is 0 Å². The van der Waals surface area contributed by atoms with E-state index >= 15 is 0 Å². The normalized spacial score (nSPS) is 8.15. The van der Waals surface area contributed by atoms with Crippen molar-refractivity contribution < 1.29 is 4.79 Å². The predicted molar refractivity (Wildman–Crippen MR) is 57.5 cm³/mol. The Hall–Kier alpha value is -1.37. The minimum Gasteiger partial charge on any atom is -0.300 e. The van der Waals surface area contributed by atoms with Crippen molar-refractivity contribution >= 4 is 11.9 Å². The first-order chi connectivity index (χ1) is 6.20. The second-order valence-electron chi connectivity index (χ2n) is 2.67. The summed E-state index contributed by atoms with van der Waals surface area (Å²) in [7, 11) is 0. The summed E-state index contributed by atoms with van der Waals surface area (Å²) >= 11 is 0. The summed E-state index contributed by atoms with van der Waals surface area (Å²) in [6, 6.07) is 10.0. The van der Waals surface area contributed by atoms with Crippen LogP contribution in [0.25, 0.3) is 6.08 Å². The fraction of sp³-hybridized carbons (Fsp3) is 0.250. The number of hydrogen-bond donors (Lipinski definition) is 0. The van der Waals surface area contributed by atoms with Crippen molar-refractivity contribution in [3.63, 3.8) is 0 Å². The lowest BCUT2D eigenvalue weighted by Gasteiger charge is -1.85. The smallest absolute Gasteiger partial charge is 0.129 e. The Bertz CT molecular complexity index is 249. The summed E-state index contributed by atoms with van der Waals surface area (Å²) in [6.45, 7) is 7.06. The maximum atomic E-state index is 9.81. The largest absolute Gasteiger partial charge is 0.300 e. The molecule has 0 aliphatic rings. The van der Waals surface area contributed by atoms with E-state index in [2.05, 4.69) is 6.58 Å². The second-order valence-corrected chi connectivity index (χ2v) is 2.67. The molecule has 0 spiro atoms. The van der Waals surface area contributed by atoms with E-state index in [1.807, 2.05) is 43.3 Å². The zero-order valence-corrected chi connectivity index (χ0v) is 8.29. The zero-order valence-electron chi connectivity index (χ0n) is 8.29. The molecular weight excluding hydrogens is 160 g/mol. The summed E-state index contributed by atoms with van der Waals surface area (Å²) in [5.41, 5.74) is 1.17. The molecule has 0 radical (unpaired) electrons. The monoisotopic (exact) mass is 176 g/mol. The highest BCUT2D eigenvalue weighted by molar-refractivity contribution is 5.74. The first-order valence-corrected chi connectivity index (χ1v) is 4.37. The third-order valence-corrected chi connectivity index (χ3v) is 1.53. The fourth-order valence-corrected chi connectivity index (χ4v) is 0.589. The van der Waals surface area contributed by atoms with Gasteiger partial charge in [0.05, 0.1) is 0 Å². The van der Waals surface area contributed by atoms with Crippen LogP contribution < -0.4 is 0 Å². The van der Waals surface area contributed by atoms with Gasteiger partial charge in [0.2, 0.25) is 0 Å². The van der Waals surface area contributed by atoms with Crippen LogP contribution in [0.15, 0.2) is 36.9 Å². The topological polar surface area (TPSA) is 17.1 Å². The molecule has 0 saturated carbocycles. The fourth-order valence-electron chi connectivity index (χ4n) is 0.589. The lowest BCUT2D eigenvalue weighted by Crippen LogP contribution is -1.80. The van der Waals surface area contributed by atoms with E-state index in [-0.39, 0.29) is 5.78 Å². The molecule has 0 atom stereocenters. The quantitative estimate of drug-likeness (QED) is 0.675. The third kappa shape index (κ3) is 7.01. The predicted octanol–water partition coefficient (Wildman–Crippen LogP) is 3.32. The standard InChI is InChI=1S/C8H8.C4H8O/c1-2-8-6-4-3-5-7-8;1-3-4(2)5/h2-7H,1H2;3H2,1-2H3. The third-order valence-electron chi connectivity index (χ3n) is 1.53. The van der Waals surface area contributed by atoms with Gasteiger partial charge in [-0.05, 0) is 12.5 Å². The lowest BCUT2D eigenvalue weighted by molar-refractivity contribution is -0.116. The molecule has 0 aromatic heterocycles. The number of rotatable bonds is 2. The number of carbonyl (C=O) groups is 1. The molecule has 1 aromatic rings. The average molecular weight is 176 g/mol. The minimum atomic E-state index is 0.255. The van der Waals surface area contributed by atoms with Gasteiger partial charge in [-0.3, -0.25) is 0 Å². The van der Waals surface area contributed by atoms with Crippen LogP contribution in [0.1, 0.15) is 25.8 Å². The number of benzene rings is 1. The molecular formula is C12H16O. The molecule has 70 valence electrons. The zero-order chi connectivity index (χ0) is 10.1. The minimum absolute atomic E-state index is 0.255. The van der Waals surface area contributed by atoms with Crippen LogP contribution in [0.2, 0.25) is 0 Å². The summed E-state index contributed by atoms with van der Waals surface area (Å²) in [5.74, 6) is 0.255. The van der Waals surface area contributed by atoms with Crippen LogP contribution in [0.4, 0.5) is 0 Å². The average Bonchev–Trinajstić information content (AvgIpc) is 2.20. The Morgan fingerprint density at radius 3 is 2.08 bits per heavy atom. The van der Waals surface area contributed by atoms with Gasteiger partial charge in [0.1, 0.15) is 5.78 Å². The maximum Gasteiger partial charge on any atom is 0.129 e. The molecule has 1 nitrogen and oxygen atoms in total. The molecule has 0 amide bonds. The number of hydrogen-bond acceptors (Lipinski definition) is 1. The van der Waals surface area contributed by atoms with Crippen LogP contribution in [0.5, 0.6) is 0 Å². The molecule has 0 saturated heterocycles. The van der Waals surface area contributed by atoms with E-state index in [0.717, 1.165) is 0 Å². The highest BCUT2D eigenvalue weighted by atomic mass is 16.1. The van der Waals surface area contributed by atoms with Gasteiger partial charge in [-0.15, -0.1) is 0 Å². The van der Waals surface area contributed by atoms with E-state index in [1.165, 1.54) is 5.56 Å². The van der Waals surface area contributed by atoms with Crippen molar-refractivity contribution in [3.05, 3.63) is 42.5 Å². The summed E-state index contributed by atoms with van der Waals surface area (Å²) in [5, 5.41) is 0. The first-order valence-electron chi connectivity index (χ1n) is 4.37. The molecule has 1 aromatic carbocycles. The van der Waals surface area contributed by atoms with E-state index in [1.54, 1.807) is 6.92 Å². The van der Waals surface area contributed by atoms with Crippen LogP contribution in [-0.2, 0) is 4.79 Å². The molecule has 0 aliphatic carbocycles. The molecule has 1 rings (SSSR count). The van der Waals surface area contributed by atoms with E-state index in [9.17, 15) is 4.79 Å². The van der Waals surface area contributed by atoms with Crippen molar-refractivity contribution in [3.8, 4) is 0 Å². The van der Waals surface area contributed by atoms with Crippen LogP contribution >= 0.6 is 0 Å². The van der Waals surface area contributed by atoms with E-state index < -0.39 is 0 Å². The summed E-state index contributed by atoms with van der Waals surface area (Å²) in [6.07, 6.45) is 2.50. The Labute approximate surface area is 80.1 Å². The Kier molecular flexibility index (Phi) is 6.52. The highest BCUT2D eigenvalue weighted by Crippen LogP contribution is 1.97. The molecule has 1 heteroatoms. The van der Waals surface area contributed by atoms with Crippen LogP contribution in [0.3, 0.4) is 0 Å². The Morgan fingerprint density at radius 1 is 1.38 bits per heavy atom. The summed E-state index contributed by atoms with van der Waals surface area (Å²) in [4.78, 5) is 9.81. The van der Waals surface area contributed by atoms with Gasteiger partial charge in [-0.2, -0.15) is 0 Å². The van der Waals surface area contributed by atoms with Crippen molar-refractivity contribution in [2.75, 3.05) is 0 Å². The van der Waals surface area contributed by atoms with Gasteiger partial charge in [0.25, 0.3) is 0 Å². The number of Topliss-reactive ketones (excluding diaryl/α,β-unsaturated/α-hetero) is 1. The van der Waals surface area contributed by atoms with Crippen LogP contribution in [0, 0.1) is 0 Å². The van der Waals surface area contributed by atoms with Crippen molar-refractivity contribution in [2.24, 2.45) is 0 Å². The van der Waals surface area contributed by atoms with Gasteiger partial charge >= 0.3 is 0 Å². The van der Waals surface area contributed by atoms with E-state index in [0.29, 0.717) is 6.42 Å². The Morgan fingerprint density at radius 2 is 1.85 bits per heavy atom. The molecule has 0 aliphatic heterocycles. The van der Waals surface area contributed by atoms with Crippen molar-refractivity contribution in [1.82, 2.24) is 0 Å². The SMILES string of the molecule is C=Cc1ccccc1.CCC(C)=O. The molecule has 0 bridgehead atoms.